The van der Waals surface area contributed by atoms with E-state index in [0.717, 1.165) is 5.56 Å². The number of amides is 1. The van der Waals surface area contributed by atoms with Gasteiger partial charge in [-0.05, 0) is 17.7 Å². The number of methoxy groups -OCH3 is 1. The second kappa shape index (κ2) is 5.70. The molecular formula is C12H13NO3. The maximum atomic E-state index is 10.9. The minimum Gasteiger partial charge on any atom is -0.466 e. The fourth-order valence-electron chi connectivity index (χ4n) is 1.17. The molecule has 1 N–H and O–H groups in total. The maximum absolute atomic E-state index is 10.9. The number of esters is 1. The largest absolute Gasteiger partial charge is 0.466 e. The predicted octanol–water partition coefficient (Wildman–Crippen LogP) is 1.83. The average Bonchev–Trinajstić information content (AvgIpc) is 2.26. The topological polar surface area (TPSA) is 55.4 Å². The minimum atomic E-state index is -0.433. The fourth-order valence-corrected chi connectivity index (χ4v) is 1.17. The number of ether oxygens (including phenoxy) is 1. The molecular weight excluding hydrogens is 206 g/mol. The molecule has 1 aromatic carbocycles. The first-order chi connectivity index (χ1) is 7.63. The molecule has 0 saturated heterocycles. The van der Waals surface area contributed by atoms with Gasteiger partial charge in [-0.3, -0.25) is 4.79 Å². The summed E-state index contributed by atoms with van der Waals surface area (Å²) in [7, 11) is 1.31. The summed E-state index contributed by atoms with van der Waals surface area (Å²) >= 11 is 0. The van der Waals surface area contributed by atoms with Crippen LogP contribution < -0.4 is 5.32 Å². The monoisotopic (exact) mass is 219 g/mol. The molecule has 0 aliphatic rings. The molecule has 4 heteroatoms. The molecule has 0 bridgehead atoms. The van der Waals surface area contributed by atoms with Gasteiger partial charge in [-0.15, -0.1) is 0 Å². The lowest BCUT2D eigenvalue weighted by atomic mass is 10.1. The van der Waals surface area contributed by atoms with Gasteiger partial charge >= 0.3 is 5.97 Å². The minimum absolute atomic E-state index is 0.154. The average molecular weight is 219 g/mol. The van der Waals surface area contributed by atoms with Gasteiger partial charge in [0.05, 0.1) is 7.11 Å². The van der Waals surface area contributed by atoms with Crippen molar-refractivity contribution >= 4 is 23.6 Å². The Morgan fingerprint density at radius 1 is 1.31 bits per heavy atom. The standard InChI is InChI=1S/C12H13NO3/c1-9(14)13-11-6-4-3-5-10(11)7-8-12(15)16-2/h3-8H,1-2H3,(H,13,14)/b8-7-. The summed E-state index contributed by atoms with van der Waals surface area (Å²) in [5.74, 6) is -0.587. The van der Waals surface area contributed by atoms with Crippen molar-refractivity contribution in [2.24, 2.45) is 0 Å². The van der Waals surface area contributed by atoms with E-state index in [9.17, 15) is 9.59 Å². The smallest absolute Gasteiger partial charge is 0.330 e. The zero-order chi connectivity index (χ0) is 12.0. The zero-order valence-electron chi connectivity index (χ0n) is 9.19. The molecule has 0 fully saturated rings. The van der Waals surface area contributed by atoms with Gasteiger partial charge in [-0.2, -0.15) is 0 Å². The summed E-state index contributed by atoms with van der Waals surface area (Å²) in [6.07, 6.45) is 2.90. The lowest BCUT2D eigenvalue weighted by molar-refractivity contribution is -0.134. The van der Waals surface area contributed by atoms with Crippen molar-refractivity contribution in [3.63, 3.8) is 0 Å². The molecule has 0 heterocycles. The maximum Gasteiger partial charge on any atom is 0.330 e. The number of anilines is 1. The SMILES string of the molecule is COC(=O)/C=C\c1ccccc1NC(C)=O. The van der Waals surface area contributed by atoms with Crippen LogP contribution in [0.25, 0.3) is 6.08 Å². The number of para-hydroxylation sites is 1. The Kier molecular flexibility index (Phi) is 4.27. The van der Waals surface area contributed by atoms with Crippen molar-refractivity contribution < 1.29 is 14.3 Å². The third-order valence-electron chi connectivity index (χ3n) is 1.87. The normalized spacial score (nSPS) is 10.1. The van der Waals surface area contributed by atoms with Gasteiger partial charge in [-0.1, -0.05) is 18.2 Å². The Hall–Kier alpha value is -2.10. The third-order valence-corrected chi connectivity index (χ3v) is 1.87. The van der Waals surface area contributed by atoms with Gasteiger partial charge < -0.3 is 10.1 Å². The first-order valence-corrected chi connectivity index (χ1v) is 4.76. The molecule has 0 radical (unpaired) electrons. The Labute approximate surface area is 93.9 Å². The number of rotatable bonds is 3. The van der Waals surface area contributed by atoms with Gasteiger partial charge in [0.25, 0.3) is 0 Å². The van der Waals surface area contributed by atoms with E-state index in [0.29, 0.717) is 5.69 Å². The lowest BCUT2D eigenvalue weighted by Crippen LogP contribution is -2.06. The Bertz CT molecular complexity index is 424. The molecule has 0 unspecified atom stereocenters. The van der Waals surface area contributed by atoms with Crippen molar-refractivity contribution in [3.05, 3.63) is 35.9 Å². The highest BCUT2D eigenvalue weighted by molar-refractivity contribution is 5.93. The van der Waals surface area contributed by atoms with Gasteiger partial charge in [-0.25, -0.2) is 4.79 Å². The first-order valence-electron chi connectivity index (χ1n) is 4.76. The van der Waals surface area contributed by atoms with Crippen LogP contribution in [0.1, 0.15) is 12.5 Å². The number of hydrogen-bond acceptors (Lipinski definition) is 3. The van der Waals surface area contributed by atoms with Crippen LogP contribution >= 0.6 is 0 Å². The van der Waals surface area contributed by atoms with Crippen molar-refractivity contribution in [1.29, 1.82) is 0 Å². The van der Waals surface area contributed by atoms with Crippen LogP contribution in [-0.2, 0) is 14.3 Å². The molecule has 1 amide bonds. The van der Waals surface area contributed by atoms with E-state index >= 15 is 0 Å². The molecule has 0 spiro atoms. The van der Waals surface area contributed by atoms with Crippen LogP contribution in [0.3, 0.4) is 0 Å². The van der Waals surface area contributed by atoms with Gasteiger partial charge in [0, 0.05) is 18.7 Å². The molecule has 0 atom stereocenters. The molecule has 0 aliphatic carbocycles. The van der Waals surface area contributed by atoms with E-state index in [-0.39, 0.29) is 5.91 Å². The second-order valence-electron chi connectivity index (χ2n) is 3.12. The zero-order valence-corrected chi connectivity index (χ0v) is 9.19. The number of hydrogen-bond donors (Lipinski definition) is 1. The Morgan fingerprint density at radius 2 is 2.00 bits per heavy atom. The van der Waals surface area contributed by atoms with Crippen LogP contribution in [0, 0.1) is 0 Å². The number of carbonyl (C=O) groups is 2. The van der Waals surface area contributed by atoms with E-state index < -0.39 is 5.97 Å². The summed E-state index contributed by atoms with van der Waals surface area (Å²) in [6, 6.07) is 7.19. The Balaban J connectivity index is 2.90. The summed E-state index contributed by atoms with van der Waals surface area (Å²) in [4.78, 5) is 21.9. The van der Waals surface area contributed by atoms with Crippen molar-refractivity contribution in [3.8, 4) is 0 Å². The van der Waals surface area contributed by atoms with Crippen LogP contribution in [-0.4, -0.2) is 19.0 Å². The lowest BCUT2D eigenvalue weighted by Gasteiger charge is -2.05. The third kappa shape index (κ3) is 3.57. The van der Waals surface area contributed by atoms with E-state index in [1.54, 1.807) is 24.3 Å². The summed E-state index contributed by atoms with van der Waals surface area (Å²) in [5.41, 5.74) is 1.42. The van der Waals surface area contributed by atoms with Crippen LogP contribution in [0.2, 0.25) is 0 Å². The van der Waals surface area contributed by atoms with Crippen molar-refractivity contribution in [2.45, 2.75) is 6.92 Å². The van der Waals surface area contributed by atoms with Crippen LogP contribution in [0.4, 0.5) is 5.69 Å². The molecule has 0 aliphatic heterocycles. The summed E-state index contributed by atoms with van der Waals surface area (Å²) in [6.45, 7) is 1.43. The molecule has 16 heavy (non-hydrogen) atoms. The summed E-state index contributed by atoms with van der Waals surface area (Å²) in [5, 5.41) is 2.67. The van der Waals surface area contributed by atoms with Gasteiger partial charge in [0.1, 0.15) is 0 Å². The molecule has 0 aromatic heterocycles. The fraction of sp³-hybridized carbons (Fsp3) is 0.167. The second-order valence-corrected chi connectivity index (χ2v) is 3.12. The highest BCUT2D eigenvalue weighted by Crippen LogP contribution is 2.16. The van der Waals surface area contributed by atoms with E-state index in [1.165, 1.54) is 20.1 Å². The van der Waals surface area contributed by atoms with Gasteiger partial charge in [0.2, 0.25) is 5.91 Å². The first kappa shape index (κ1) is 12.0. The van der Waals surface area contributed by atoms with E-state index in [1.807, 2.05) is 6.07 Å². The van der Waals surface area contributed by atoms with Gasteiger partial charge in [0.15, 0.2) is 0 Å². The molecule has 0 saturated carbocycles. The highest BCUT2D eigenvalue weighted by Gasteiger charge is 2.00. The quantitative estimate of drug-likeness (QED) is 0.623. The number of carbonyl (C=O) groups excluding carboxylic acids is 2. The predicted molar refractivity (Wildman–Crippen MR) is 61.8 cm³/mol. The highest BCUT2D eigenvalue weighted by atomic mass is 16.5. The molecule has 4 nitrogen and oxygen atoms in total. The van der Waals surface area contributed by atoms with E-state index in [2.05, 4.69) is 10.1 Å². The van der Waals surface area contributed by atoms with Crippen molar-refractivity contribution in [1.82, 2.24) is 0 Å². The number of nitrogens with one attached hydrogen (secondary N) is 1. The van der Waals surface area contributed by atoms with Crippen LogP contribution in [0.5, 0.6) is 0 Å². The molecule has 1 rings (SSSR count). The van der Waals surface area contributed by atoms with Crippen LogP contribution in [0.15, 0.2) is 30.3 Å². The molecule has 84 valence electrons. The number of benzene rings is 1. The summed E-state index contributed by atoms with van der Waals surface area (Å²) < 4.78 is 4.48. The Morgan fingerprint density at radius 3 is 2.62 bits per heavy atom. The molecule has 1 aromatic rings. The van der Waals surface area contributed by atoms with E-state index in [4.69, 9.17) is 0 Å². The van der Waals surface area contributed by atoms with Crippen molar-refractivity contribution in [2.75, 3.05) is 12.4 Å².